The van der Waals surface area contributed by atoms with Crippen LogP contribution in [0.3, 0.4) is 0 Å². The molecule has 0 bridgehead atoms. The summed E-state index contributed by atoms with van der Waals surface area (Å²) in [5.74, 6) is -0.264. The number of carbonyl (C=O) groups excluding carboxylic acids is 2. The highest BCUT2D eigenvalue weighted by atomic mass is 16.2. The molecule has 2 aromatic rings. The van der Waals surface area contributed by atoms with E-state index in [4.69, 9.17) is 0 Å². The topological polar surface area (TPSA) is 83.4 Å². The van der Waals surface area contributed by atoms with Gasteiger partial charge >= 0.3 is 0 Å². The Labute approximate surface area is 138 Å². The van der Waals surface area contributed by atoms with Crippen LogP contribution in [0.4, 0.5) is 11.4 Å². The number of rotatable bonds is 4. The standard InChI is InChI=1S/C17H18N4O3/c22-15-11-20(10-8-18-15)14-6-4-13(5-7-14)19-16(23)12-21-9-2-1-3-17(21)24/h1-7,9H,8,10-12H2,(H,18,22)(H,19,23). The Kier molecular flexibility index (Phi) is 4.60. The third-order valence-corrected chi connectivity index (χ3v) is 3.77. The fraction of sp³-hybridized carbons (Fsp3) is 0.235. The molecule has 1 aliphatic heterocycles. The molecule has 2 heterocycles. The van der Waals surface area contributed by atoms with Crippen molar-refractivity contribution in [3.05, 3.63) is 59.0 Å². The van der Waals surface area contributed by atoms with Crippen LogP contribution in [-0.4, -0.2) is 36.0 Å². The summed E-state index contributed by atoms with van der Waals surface area (Å²) in [7, 11) is 0. The Morgan fingerprint density at radius 3 is 2.62 bits per heavy atom. The van der Waals surface area contributed by atoms with E-state index < -0.39 is 0 Å². The minimum absolute atomic E-state index is 0.00642. The maximum atomic E-state index is 12.0. The van der Waals surface area contributed by atoms with E-state index in [9.17, 15) is 14.4 Å². The van der Waals surface area contributed by atoms with E-state index in [-0.39, 0.29) is 23.9 Å². The lowest BCUT2D eigenvalue weighted by Gasteiger charge is -2.28. The summed E-state index contributed by atoms with van der Waals surface area (Å²) in [4.78, 5) is 37.0. The van der Waals surface area contributed by atoms with Crippen molar-refractivity contribution >= 4 is 23.2 Å². The Morgan fingerprint density at radius 1 is 1.12 bits per heavy atom. The van der Waals surface area contributed by atoms with E-state index in [0.717, 1.165) is 12.2 Å². The van der Waals surface area contributed by atoms with Crippen LogP contribution < -0.4 is 21.1 Å². The maximum absolute atomic E-state index is 12.0. The van der Waals surface area contributed by atoms with Crippen LogP contribution in [0, 0.1) is 0 Å². The van der Waals surface area contributed by atoms with Crippen LogP contribution in [0.5, 0.6) is 0 Å². The van der Waals surface area contributed by atoms with E-state index in [1.54, 1.807) is 30.5 Å². The van der Waals surface area contributed by atoms with Crippen molar-refractivity contribution in [1.29, 1.82) is 0 Å². The fourth-order valence-corrected chi connectivity index (χ4v) is 2.56. The molecule has 124 valence electrons. The largest absolute Gasteiger partial charge is 0.360 e. The van der Waals surface area contributed by atoms with Gasteiger partial charge in [0, 0.05) is 36.7 Å². The van der Waals surface area contributed by atoms with Crippen molar-refractivity contribution in [1.82, 2.24) is 9.88 Å². The Bertz CT molecular complexity index is 798. The molecule has 1 aliphatic rings. The lowest BCUT2D eigenvalue weighted by Crippen LogP contribution is -2.47. The highest BCUT2D eigenvalue weighted by molar-refractivity contribution is 5.90. The minimum atomic E-state index is -0.270. The van der Waals surface area contributed by atoms with Gasteiger partial charge in [0.05, 0.1) is 6.54 Å². The summed E-state index contributed by atoms with van der Waals surface area (Å²) >= 11 is 0. The molecule has 1 fully saturated rings. The van der Waals surface area contributed by atoms with Gasteiger partial charge in [0.25, 0.3) is 5.56 Å². The van der Waals surface area contributed by atoms with Crippen LogP contribution in [-0.2, 0) is 16.1 Å². The molecule has 0 saturated carbocycles. The molecule has 24 heavy (non-hydrogen) atoms. The zero-order valence-corrected chi connectivity index (χ0v) is 13.1. The van der Waals surface area contributed by atoms with E-state index >= 15 is 0 Å². The molecule has 0 spiro atoms. The van der Waals surface area contributed by atoms with E-state index in [1.165, 1.54) is 10.6 Å². The number of anilines is 2. The van der Waals surface area contributed by atoms with Gasteiger partial charge in [-0.3, -0.25) is 14.4 Å². The van der Waals surface area contributed by atoms with Gasteiger partial charge in [-0.1, -0.05) is 6.07 Å². The fourth-order valence-electron chi connectivity index (χ4n) is 2.56. The zero-order chi connectivity index (χ0) is 16.9. The molecular weight excluding hydrogens is 308 g/mol. The van der Waals surface area contributed by atoms with Crippen LogP contribution in [0.15, 0.2) is 53.5 Å². The van der Waals surface area contributed by atoms with Crippen LogP contribution >= 0.6 is 0 Å². The van der Waals surface area contributed by atoms with E-state index in [1.807, 2.05) is 17.0 Å². The molecule has 7 nitrogen and oxygen atoms in total. The van der Waals surface area contributed by atoms with Gasteiger partial charge in [-0.05, 0) is 30.3 Å². The molecule has 0 aliphatic carbocycles. The Balaban J connectivity index is 1.61. The Hall–Kier alpha value is -3.09. The van der Waals surface area contributed by atoms with Crippen molar-refractivity contribution in [2.45, 2.75) is 6.54 Å². The molecule has 2 N–H and O–H groups in total. The highest BCUT2D eigenvalue weighted by Crippen LogP contribution is 2.18. The third-order valence-electron chi connectivity index (χ3n) is 3.77. The van der Waals surface area contributed by atoms with E-state index in [2.05, 4.69) is 10.6 Å². The number of amides is 2. The summed E-state index contributed by atoms with van der Waals surface area (Å²) < 4.78 is 1.34. The summed E-state index contributed by atoms with van der Waals surface area (Å²) in [5.41, 5.74) is 1.36. The quantitative estimate of drug-likeness (QED) is 0.853. The van der Waals surface area contributed by atoms with Crippen molar-refractivity contribution in [3.63, 3.8) is 0 Å². The van der Waals surface area contributed by atoms with Gasteiger partial charge in [0.1, 0.15) is 6.54 Å². The van der Waals surface area contributed by atoms with Gasteiger partial charge in [0.2, 0.25) is 11.8 Å². The second-order valence-electron chi connectivity index (χ2n) is 5.53. The second kappa shape index (κ2) is 6.99. The predicted molar refractivity (Wildman–Crippen MR) is 91.0 cm³/mol. The first-order valence-electron chi connectivity index (χ1n) is 7.69. The molecule has 0 unspecified atom stereocenters. The van der Waals surface area contributed by atoms with Crippen LogP contribution in [0.1, 0.15) is 0 Å². The first-order valence-corrected chi connectivity index (χ1v) is 7.69. The lowest BCUT2D eigenvalue weighted by atomic mass is 10.2. The van der Waals surface area contributed by atoms with Crippen molar-refractivity contribution < 1.29 is 9.59 Å². The summed E-state index contributed by atoms with van der Waals surface area (Å²) in [6.45, 7) is 1.69. The van der Waals surface area contributed by atoms with Crippen molar-refractivity contribution in [3.8, 4) is 0 Å². The van der Waals surface area contributed by atoms with Gasteiger partial charge in [-0.2, -0.15) is 0 Å². The summed E-state index contributed by atoms with van der Waals surface area (Å²) in [5, 5.41) is 5.54. The number of benzene rings is 1. The number of nitrogens with zero attached hydrogens (tertiary/aromatic N) is 2. The first kappa shape index (κ1) is 15.8. The van der Waals surface area contributed by atoms with Crippen molar-refractivity contribution in [2.24, 2.45) is 0 Å². The molecule has 1 aromatic carbocycles. The number of pyridine rings is 1. The number of carbonyl (C=O) groups is 2. The third kappa shape index (κ3) is 3.81. The average molecular weight is 326 g/mol. The molecule has 0 radical (unpaired) electrons. The van der Waals surface area contributed by atoms with Gasteiger partial charge in [-0.25, -0.2) is 0 Å². The predicted octanol–water partition coefficient (Wildman–Crippen LogP) is 0.423. The number of piperazine rings is 1. The lowest BCUT2D eigenvalue weighted by molar-refractivity contribution is -0.120. The number of hydrogen-bond donors (Lipinski definition) is 2. The molecule has 2 amide bonds. The second-order valence-corrected chi connectivity index (χ2v) is 5.53. The van der Waals surface area contributed by atoms with Gasteiger partial charge < -0.3 is 20.1 Å². The molecule has 7 heteroatoms. The SMILES string of the molecule is O=C1CN(c2ccc(NC(=O)Cn3ccccc3=O)cc2)CCN1. The minimum Gasteiger partial charge on any atom is -0.360 e. The van der Waals surface area contributed by atoms with Crippen molar-refractivity contribution in [2.75, 3.05) is 29.9 Å². The number of hydrogen-bond acceptors (Lipinski definition) is 4. The molecule has 1 saturated heterocycles. The Morgan fingerprint density at radius 2 is 1.92 bits per heavy atom. The van der Waals surface area contributed by atoms with E-state index in [0.29, 0.717) is 18.8 Å². The van der Waals surface area contributed by atoms with Crippen LogP contribution in [0.2, 0.25) is 0 Å². The summed E-state index contributed by atoms with van der Waals surface area (Å²) in [6.07, 6.45) is 1.58. The maximum Gasteiger partial charge on any atom is 0.250 e. The number of aromatic nitrogens is 1. The van der Waals surface area contributed by atoms with Crippen LogP contribution in [0.25, 0.3) is 0 Å². The smallest absolute Gasteiger partial charge is 0.250 e. The average Bonchev–Trinajstić information content (AvgIpc) is 2.58. The molecule has 0 atom stereocenters. The first-order chi connectivity index (χ1) is 11.6. The summed E-state index contributed by atoms with van der Waals surface area (Å²) in [6, 6.07) is 12.1. The highest BCUT2D eigenvalue weighted by Gasteiger charge is 2.16. The van der Waals surface area contributed by atoms with Gasteiger partial charge in [0.15, 0.2) is 0 Å². The molecule has 3 rings (SSSR count). The van der Waals surface area contributed by atoms with Gasteiger partial charge in [-0.15, -0.1) is 0 Å². The molecule has 1 aromatic heterocycles. The number of nitrogens with one attached hydrogen (secondary N) is 2. The molecular formula is C17H18N4O3. The zero-order valence-electron chi connectivity index (χ0n) is 13.1. The monoisotopic (exact) mass is 326 g/mol. The normalized spacial score (nSPS) is 14.2.